The monoisotopic (exact) mass is 559 g/mol. The molecule has 2 unspecified atom stereocenters. The van der Waals surface area contributed by atoms with E-state index in [2.05, 4.69) is 16.9 Å². The molecule has 2 aromatic carbocycles. The molecule has 41 heavy (non-hydrogen) atoms. The number of hydrogen-bond acceptors (Lipinski definition) is 7. The van der Waals surface area contributed by atoms with Crippen LogP contribution in [-0.4, -0.2) is 83.2 Å². The number of hydrogen-bond donors (Lipinski definition) is 2. The van der Waals surface area contributed by atoms with E-state index >= 15 is 0 Å². The molecular formula is C30H33N5O6. The molecule has 4 heterocycles. The van der Waals surface area contributed by atoms with Gasteiger partial charge in [-0.15, -0.1) is 11.7 Å². The van der Waals surface area contributed by atoms with Gasteiger partial charge in [-0.05, 0) is 37.0 Å². The van der Waals surface area contributed by atoms with Crippen LogP contribution in [0, 0.1) is 11.8 Å². The van der Waals surface area contributed by atoms with E-state index in [9.17, 15) is 24.6 Å². The minimum Gasteiger partial charge on any atom is -0.481 e. The van der Waals surface area contributed by atoms with Gasteiger partial charge in [0.05, 0.1) is 29.7 Å². The van der Waals surface area contributed by atoms with Gasteiger partial charge in [-0.2, -0.15) is 0 Å². The highest BCUT2D eigenvalue weighted by molar-refractivity contribution is 5.98. The molecule has 0 saturated carbocycles. The summed E-state index contributed by atoms with van der Waals surface area (Å²) in [6.45, 7) is 5.41. The second-order valence-corrected chi connectivity index (χ2v) is 11.1. The molecule has 2 amide bonds. The van der Waals surface area contributed by atoms with E-state index in [0.29, 0.717) is 30.3 Å². The molecule has 3 saturated heterocycles. The zero-order valence-corrected chi connectivity index (χ0v) is 22.8. The summed E-state index contributed by atoms with van der Waals surface area (Å²) >= 11 is 0. The normalized spacial score (nSPS) is 29.1. The maximum Gasteiger partial charge on any atom is 0.310 e. The van der Waals surface area contributed by atoms with Crippen LogP contribution in [0.1, 0.15) is 37.8 Å². The Kier molecular flexibility index (Phi) is 6.66. The van der Waals surface area contributed by atoms with Crippen LogP contribution in [0.4, 0.5) is 0 Å². The minimum atomic E-state index is -1.35. The fraction of sp³-hybridized carbons (Fsp3) is 0.433. The van der Waals surface area contributed by atoms with Crippen LogP contribution in [0.25, 0.3) is 11.0 Å². The van der Waals surface area contributed by atoms with Crippen molar-refractivity contribution in [2.75, 3.05) is 13.2 Å². The summed E-state index contributed by atoms with van der Waals surface area (Å²) < 4.78 is 8.27. The molecule has 11 heteroatoms. The van der Waals surface area contributed by atoms with Gasteiger partial charge in [0, 0.05) is 6.54 Å². The summed E-state index contributed by atoms with van der Waals surface area (Å²) in [6, 6.07) is 14.3. The first kappa shape index (κ1) is 27.1. The number of likely N-dealkylation sites (tertiary alicyclic amines) is 1. The number of rotatable bonds is 10. The van der Waals surface area contributed by atoms with Crippen molar-refractivity contribution < 1.29 is 29.3 Å². The Balaban J connectivity index is 1.47. The number of ether oxygens (including phenoxy) is 1. The highest BCUT2D eigenvalue weighted by Gasteiger charge is 2.79. The fourth-order valence-corrected chi connectivity index (χ4v) is 7.41. The number of nitrogens with zero attached hydrogens (tertiary/aromatic N) is 5. The molecule has 1 aromatic heterocycles. The number of amides is 2. The largest absolute Gasteiger partial charge is 0.481 e. The molecule has 6 atom stereocenters. The van der Waals surface area contributed by atoms with Crippen molar-refractivity contribution in [3.63, 3.8) is 0 Å². The Labute approximate surface area is 237 Å². The van der Waals surface area contributed by atoms with E-state index < -0.39 is 59.5 Å². The van der Waals surface area contributed by atoms with Crippen LogP contribution >= 0.6 is 0 Å². The molecule has 3 aliphatic rings. The molecule has 0 aliphatic carbocycles. The van der Waals surface area contributed by atoms with Gasteiger partial charge >= 0.3 is 5.97 Å². The van der Waals surface area contributed by atoms with Crippen LogP contribution in [0.5, 0.6) is 0 Å². The molecule has 3 aliphatic heterocycles. The Hall–Kier alpha value is -4.09. The van der Waals surface area contributed by atoms with Gasteiger partial charge < -0.3 is 24.7 Å². The third-order valence-electron chi connectivity index (χ3n) is 9.20. The van der Waals surface area contributed by atoms with Gasteiger partial charge in [0.1, 0.15) is 29.7 Å². The number of carboxylic acid groups (broad SMARTS) is 1. The molecular weight excluding hydrogens is 526 g/mol. The highest BCUT2D eigenvalue weighted by atomic mass is 16.5. The molecule has 3 fully saturated rings. The number of aliphatic hydroxyl groups is 1. The van der Waals surface area contributed by atoms with Crippen molar-refractivity contribution in [2.45, 2.75) is 56.1 Å². The zero-order valence-electron chi connectivity index (χ0n) is 22.8. The molecule has 11 nitrogen and oxygen atoms in total. The lowest BCUT2D eigenvalue weighted by molar-refractivity contribution is -0.161. The predicted octanol–water partition coefficient (Wildman–Crippen LogP) is 2.38. The van der Waals surface area contributed by atoms with E-state index in [-0.39, 0.29) is 13.2 Å². The number of carbonyl (C=O) groups is 3. The zero-order chi connectivity index (χ0) is 28.9. The SMILES string of the molecule is C=CCN(Cn1nnc2ccccc21)C(=O)C1N([C@H](CO)c2ccccc2)C(=O)[C@@H]2[C@@H](C(=O)O)[C@@]3(CC)CCC12O3. The van der Waals surface area contributed by atoms with Crippen LogP contribution in [0.3, 0.4) is 0 Å². The third kappa shape index (κ3) is 3.90. The number of carbonyl (C=O) groups excluding carboxylic acids is 2. The van der Waals surface area contributed by atoms with E-state index in [1.165, 1.54) is 9.80 Å². The van der Waals surface area contributed by atoms with Crippen molar-refractivity contribution in [1.82, 2.24) is 24.8 Å². The topological polar surface area (TPSA) is 138 Å². The van der Waals surface area contributed by atoms with Gasteiger partial charge in [-0.1, -0.05) is 60.7 Å². The second kappa shape index (κ2) is 10.1. The van der Waals surface area contributed by atoms with E-state index in [0.717, 1.165) is 5.52 Å². The predicted molar refractivity (Wildman–Crippen MR) is 147 cm³/mol. The van der Waals surface area contributed by atoms with Gasteiger partial charge in [0.25, 0.3) is 0 Å². The number of para-hydroxylation sites is 1. The summed E-state index contributed by atoms with van der Waals surface area (Å²) in [5.41, 5.74) is -0.341. The Bertz CT molecular complexity index is 1510. The van der Waals surface area contributed by atoms with E-state index in [1.807, 2.05) is 37.3 Å². The molecule has 2 bridgehead atoms. The molecule has 214 valence electrons. The lowest BCUT2D eigenvalue weighted by Gasteiger charge is -2.39. The molecule has 3 aromatic rings. The second-order valence-electron chi connectivity index (χ2n) is 11.1. The number of aromatic nitrogens is 3. The first-order valence-electron chi connectivity index (χ1n) is 13.9. The highest BCUT2D eigenvalue weighted by Crippen LogP contribution is 2.65. The number of benzene rings is 2. The quantitative estimate of drug-likeness (QED) is 0.361. The Morgan fingerprint density at radius 3 is 2.61 bits per heavy atom. The van der Waals surface area contributed by atoms with E-state index in [4.69, 9.17) is 4.74 Å². The number of carboxylic acids is 1. The van der Waals surface area contributed by atoms with Crippen LogP contribution in [-0.2, 0) is 25.8 Å². The van der Waals surface area contributed by atoms with Crippen LogP contribution < -0.4 is 0 Å². The molecule has 6 rings (SSSR count). The van der Waals surface area contributed by atoms with Gasteiger partial charge in [-0.25, -0.2) is 4.68 Å². The lowest BCUT2D eigenvalue weighted by atomic mass is 9.65. The standard InChI is InChI=1S/C30H33N5O6/c1-3-16-33(18-34-21-13-9-8-12-20(21)31-32-34)27(38)25-30-15-14-29(4-2,41-30)24(28(39)40)23(30)26(37)35(25)22(17-36)19-10-6-5-7-11-19/h3,5-13,22-25,36H,1,4,14-18H2,2H3,(H,39,40)/t22-,23+,24+,25?,29-,30?/m1/s1. The molecule has 2 N–H and O–H groups in total. The molecule has 0 radical (unpaired) electrons. The first-order valence-corrected chi connectivity index (χ1v) is 13.9. The van der Waals surface area contributed by atoms with Crippen molar-refractivity contribution in [1.29, 1.82) is 0 Å². The van der Waals surface area contributed by atoms with Gasteiger partial charge in [0.15, 0.2) is 0 Å². The number of aliphatic carboxylic acids is 1. The average molecular weight is 560 g/mol. The third-order valence-corrected chi connectivity index (χ3v) is 9.20. The summed E-state index contributed by atoms with van der Waals surface area (Å²) in [5.74, 6) is -4.18. The molecule has 1 spiro atoms. The summed E-state index contributed by atoms with van der Waals surface area (Å²) in [6.07, 6.45) is 2.77. The fourth-order valence-electron chi connectivity index (χ4n) is 7.41. The lowest BCUT2D eigenvalue weighted by Crippen LogP contribution is -2.57. The number of fused-ring (bicyclic) bond motifs is 2. The minimum absolute atomic E-state index is 0.0288. The van der Waals surface area contributed by atoms with Gasteiger partial charge in [-0.3, -0.25) is 14.4 Å². The van der Waals surface area contributed by atoms with Crippen molar-refractivity contribution >= 4 is 28.8 Å². The van der Waals surface area contributed by atoms with Crippen molar-refractivity contribution in [2.24, 2.45) is 11.8 Å². The Morgan fingerprint density at radius 1 is 1.20 bits per heavy atom. The first-order chi connectivity index (χ1) is 19.8. The smallest absolute Gasteiger partial charge is 0.310 e. The summed E-state index contributed by atoms with van der Waals surface area (Å²) in [7, 11) is 0. The number of aliphatic hydroxyl groups excluding tert-OH is 1. The maximum absolute atomic E-state index is 14.7. The van der Waals surface area contributed by atoms with Gasteiger partial charge in [0.2, 0.25) is 11.8 Å². The maximum atomic E-state index is 14.7. The summed E-state index contributed by atoms with van der Waals surface area (Å²) in [5, 5.41) is 29.4. The summed E-state index contributed by atoms with van der Waals surface area (Å²) in [4.78, 5) is 44.7. The Morgan fingerprint density at radius 2 is 1.93 bits per heavy atom. The van der Waals surface area contributed by atoms with Crippen molar-refractivity contribution in [3.05, 3.63) is 72.8 Å². The van der Waals surface area contributed by atoms with Crippen LogP contribution in [0.15, 0.2) is 67.3 Å². The van der Waals surface area contributed by atoms with Crippen LogP contribution in [0.2, 0.25) is 0 Å². The average Bonchev–Trinajstić information content (AvgIpc) is 3.71. The van der Waals surface area contributed by atoms with E-state index in [1.54, 1.807) is 35.0 Å². The van der Waals surface area contributed by atoms with Crippen molar-refractivity contribution in [3.8, 4) is 0 Å².